The van der Waals surface area contributed by atoms with Crippen LogP contribution < -0.4 is 33.1 Å². The monoisotopic (exact) mass is 953 g/mol. The molecule has 0 aliphatic carbocycles. The largest absolute Gasteiger partial charge is 0.467 e. The minimum atomic E-state index is -0.647. The van der Waals surface area contributed by atoms with Crippen LogP contribution in [0.2, 0.25) is 0 Å². The van der Waals surface area contributed by atoms with Crippen LogP contribution in [0.5, 0.6) is 0 Å². The second-order valence-corrected chi connectivity index (χ2v) is 16.6. The zero-order chi connectivity index (χ0) is 45.2. The standard InChI is InChI=1S/C24H16N4O4S.C23H16FN3O4S.3CH4/c25-12-15-6-1-3-9-18(15)26-20(29)14-27-21-17-8-2-4-10-19(17)33-22(21)23(30)28(24(27)31)13-16-7-5-11-32-16;24-16-8-2-3-9-17(16)25-19(28)13-26-20-15-7-1-4-10-18(15)32-21(20)22(29)27(23(26)30)12-14-6-5-11-31-14;;;/h1-11H,13-14H2,(H,26,29);1-11H,12-13H2,(H,25,28);3*1H4. The highest BCUT2D eigenvalue weighted by Gasteiger charge is 2.23. The summed E-state index contributed by atoms with van der Waals surface area (Å²) in [5, 5.41) is 15.9. The second-order valence-electron chi connectivity index (χ2n) is 14.5. The Morgan fingerprint density at radius 3 is 1.44 bits per heavy atom. The van der Waals surface area contributed by atoms with Crippen molar-refractivity contribution in [1.82, 2.24) is 18.3 Å². The Morgan fingerprint density at radius 2 is 0.985 bits per heavy atom. The first-order chi connectivity index (χ1) is 31.6. The van der Waals surface area contributed by atoms with E-state index >= 15 is 0 Å². The number of furan rings is 2. The molecule has 0 radical (unpaired) electrons. The van der Waals surface area contributed by atoms with Gasteiger partial charge < -0.3 is 19.5 Å². The van der Waals surface area contributed by atoms with Crippen molar-refractivity contribution in [1.29, 1.82) is 5.26 Å². The third kappa shape index (κ3) is 9.47. The number of anilines is 2. The summed E-state index contributed by atoms with van der Waals surface area (Å²) >= 11 is 2.53. The van der Waals surface area contributed by atoms with Crippen LogP contribution in [0.1, 0.15) is 39.4 Å². The number of carbonyl (C=O) groups excluding carboxylic acids is 2. The molecule has 2 N–H and O–H groups in total. The molecule has 0 unspecified atom stereocenters. The number of hydrogen-bond acceptors (Lipinski definition) is 11. The van der Waals surface area contributed by atoms with E-state index in [1.54, 1.807) is 66.7 Å². The number of fused-ring (bicyclic) bond motifs is 6. The van der Waals surface area contributed by atoms with Crippen LogP contribution in [0, 0.1) is 17.1 Å². The van der Waals surface area contributed by atoms with Crippen LogP contribution in [0.3, 0.4) is 0 Å². The van der Waals surface area contributed by atoms with Crippen molar-refractivity contribution in [3.8, 4) is 6.07 Å². The summed E-state index contributed by atoms with van der Waals surface area (Å²) in [6.07, 6.45) is 2.93. The Morgan fingerprint density at radius 1 is 0.559 bits per heavy atom. The summed E-state index contributed by atoms with van der Waals surface area (Å²) in [5.41, 5.74) is -0.652. The highest BCUT2D eigenvalue weighted by molar-refractivity contribution is 7.26. The fourth-order valence-electron chi connectivity index (χ4n) is 7.40. The zero-order valence-electron chi connectivity index (χ0n) is 33.7. The smallest absolute Gasteiger partial charge is 0.332 e. The molecular weight excluding hydrogens is 910 g/mol. The van der Waals surface area contributed by atoms with E-state index in [0.717, 1.165) is 23.9 Å². The Balaban J connectivity index is 0.000000215. The molecule has 2 amide bonds. The third-order valence-corrected chi connectivity index (χ3v) is 12.6. The topological polar surface area (TPSA) is 196 Å². The molecule has 4 aromatic carbocycles. The Kier molecular flexibility index (Phi) is 15.0. The molecule has 0 atom stereocenters. The van der Waals surface area contributed by atoms with Gasteiger partial charge in [0.15, 0.2) is 0 Å². The van der Waals surface area contributed by atoms with Gasteiger partial charge in [-0.2, -0.15) is 5.26 Å². The van der Waals surface area contributed by atoms with E-state index in [2.05, 4.69) is 10.6 Å². The molecule has 10 rings (SSSR count). The van der Waals surface area contributed by atoms with Gasteiger partial charge in [-0.3, -0.25) is 37.4 Å². The first kappa shape index (κ1) is 49.0. The number of amides is 2. The van der Waals surface area contributed by atoms with E-state index in [0.29, 0.717) is 48.6 Å². The number of nitriles is 1. The highest BCUT2D eigenvalue weighted by atomic mass is 32.1. The molecule has 0 fully saturated rings. The van der Waals surface area contributed by atoms with Crippen molar-refractivity contribution in [2.75, 3.05) is 10.6 Å². The van der Waals surface area contributed by atoms with E-state index in [1.807, 2.05) is 42.5 Å². The molecule has 0 spiro atoms. The Labute approximate surface area is 394 Å². The number of rotatable bonds is 10. The molecule has 0 saturated heterocycles. The van der Waals surface area contributed by atoms with Crippen LogP contribution in [0.15, 0.2) is 162 Å². The lowest BCUT2D eigenvalue weighted by molar-refractivity contribution is -0.117. The number of nitrogens with one attached hydrogen (secondary N) is 2. The molecule has 10 aromatic rings. The fourth-order valence-corrected chi connectivity index (χ4v) is 9.71. The lowest BCUT2D eigenvalue weighted by atomic mass is 10.2. The van der Waals surface area contributed by atoms with E-state index in [-0.39, 0.29) is 54.1 Å². The predicted octanol–water partition coefficient (Wildman–Crippen LogP) is 9.23. The van der Waals surface area contributed by atoms with E-state index in [4.69, 9.17) is 8.83 Å². The van der Waals surface area contributed by atoms with Gasteiger partial charge in [-0.05, 0) is 60.7 Å². The van der Waals surface area contributed by atoms with Gasteiger partial charge in [0, 0.05) is 20.2 Å². The van der Waals surface area contributed by atoms with Gasteiger partial charge in [-0.1, -0.05) is 82.9 Å². The first-order valence-corrected chi connectivity index (χ1v) is 21.4. The lowest BCUT2D eigenvalue weighted by Gasteiger charge is -2.13. The molecule has 6 heterocycles. The summed E-state index contributed by atoms with van der Waals surface area (Å²) in [6.45, 7) is -0.825. The summed E-state index contributed by atoms with van der Waals surface area (Å²) < 4.78 is 31.7. The number of carbonyl (C=O) groups is 2. The van der Waals surface area contributed by atoms with E-state index in [9.17, 15) is 38.4 Å². The van der Waals surface area contributed by atoms with Crippen LogP contribution in [-0.2, 0) is 35.8 Å². The van der Waals surface area contributed by atoms with Gasteiger partial charge in [0.2, 0.25) is 11.8 Å². The van der Waals surface area contributed by atoms with Gasteiger partial charge in [0.05, 0.1) is 53.6 Å². The number of nitrogens with zero attached hydrogens (tertiary/aromatic N) is 5. The van der Waals surface area contributed by atoms with Crippen LogP contribution in [-0.4, -0.2) is 30.1 Å². The first-order valence-electron chi connectivity index (χ1n) is 19.8. The van der Waals surface area contributed by atoms with Crippen molar-refractivity contribution >= 4 is 86.5 Å². The number of halogens is 1. The van der Waals surface area contributed by atoms with Gasteiger partial charge in [-0.15, -0.1) is 22.7 Å². The second kappa shape index (κ2) is 20.8. The highest BCUT2D eigenvalue weighted by Crippen LogP contribution is 2.32. The molecule has 0 saturated carbocycles. The van der Waals surface area contributed by atoms with Gasteiger partial charge in [-0.25, -0.2) is 14.0 Å². The van der Waals surface area contributed by atoms with Crippen molar-refractivity contribution in [3.63, 3.8) is 0 Å². The third-order valence-electron chi connectivity index (χ3n) is 10.3. The zero-order valence-corrected chi connectivity index (χ0v) is 35.4. The number of hydrogen-bond donors (Lipinski definition) is 2. The molecule has 6 aromatic heterocycles. The number of benzene rings is 4. The molecule has 15 nitrogen and oxygen atoms in total. The molecule has 18 heteroatoms. The molecule has 68 heavy (non-hydrogen) atoms. The van der Waals surface area contributed by atoms with Gasteiger partial charge >= 0.3 is 11.4 Å². The average Bonchev–Trinajstić information content (AvgIpc) is 4.16. The minimum absolute atomic E-state index is 0. The maximum Gasteiger partial charge on any atom is 0.332 e. The molecule has 0 aliphatic heterocycles. The lowest BCUT2D eigenvalue weighted by Crippen LogP contribution is -2.41. The quantitative estimate of drug-likeness (QED) is 0.134. The maximum absolute atomic E-state index is 14.0. The van der Waals surface area contributed by atoms with Crippen molar-refractivity contribution in [2.24, 2.45) is 0 Å². The van der Waals surface area contributed by atoms with Crippen molar-refractivity contribution < 1.29 is 22.8 Å². The van der Waals surface area contributed by atoms with E-state index < -0.39 is 40.1 Å². The molecule has 346 valence electrons. The number of para-hydroxylation sites is 2. The average molecular weight is 954 g/mol. The van der Waals surface area contributed by atoms with Gasteiger partial charge in [0.25, 0.3) is 11.1 Å². The van der Waals surface area contributed by atoms with Crippen LogP contribution in [0.4, 0.5) is 15.8 Å². The van der Waals surface area contributed by atoms with E-state index in [1.165, 1.54) is 62.5 Å². The maximum atomic E-state index is 14.0. The number of thiophene rings is 2. The minimum Gasteiger partial charge on any atom is -0.467 e. The van der Waals surface area contributed by atoms with Gasteiger partial charge in [0.1, 0.15) is 45.9 Å². The Hall–Kier alpha value is -8.40. The normalized spacial score (nSPS) is 10.6. The molecule has 0 bridgehead atoms. The molecular formula is C50H44FN7O8S2. The van der Waals surface area contributed by atoms with Crippen LogP contribution >= 0.6 is 22.7 Å². The SMILES string of the molecule is C.C.C.N#Cc1ccccc1NC(=O)Cn1c(=O)n(Cc2ccco2)c(=O)c2sc3ccccc3c21.O=C(Cn1c(=O)n(Cc2ccco2)c(=O)c2sc3ccccc3c21)Nc1ccccc1F. The molecule has 0 aliphatic rings. The fraction of sp³-hybridized carbons (Fsp3) is 0.140. The summed E-state index contributed by atoms with van der Waals surface area (Å²) in [4.78, 5) is 78.9. The summed E-state index contributed by atoms with van der Waals surface area (Å²) in [6, 6.07) is 35.8. The summed E-state index contributed by atoms with van der Waals surface area (Å²) in [7, 11) is 0. The van der Waals surface area contributed by atoms with Crippen molar-refractivity contribution in [2.45, 2.75) is 48.5 Å². The predicted molar refractivity (Wildman–Crippen MR) is 266 cm³/mol. The Bertz CT molecular complexity index is 3740. The summed E-state index contributed by atoms with van der Waals surface area (Å²) in [5.74, 6) is -0.765. The number of aromatic nitrogens is 4. The van der Waals surface area contributed by atoms with Crippen LogP contribution in [0.25, 0.3) is 40.6 Å². The van der Waals surface area contributed by atoms with Crippen molar-refractivity contribution in [3.05, 3.63) is 198 Å².